The first-order chi connectivity index (χ1) is 4.39. The quantitative estimate of drug-likeness (QED) is 0.452. The number of carbonyl (C=O) groups is 1. The van der Waals surface area contributed by atoms with Gasteiger partial charge < -0.3 is 0 Å². The summed E-state index contributed by atoms with van der Waals surface area (Å²) in [7, 11) is 0. The van der Waals surface area contributed by atoms with Gasteiger partial charge in [0.15, 0.2) is 0 Å². The van der Waals surface area contributed by atoms with Gasteiger partial charge in [-0.15, -0.1) is 0 Å². The maximum Gasteiger partial charge on any atom is 0.136 e. The zero-order chi connectivity index (χ0) is 6.53. The monoisotopic (exact) mass is 124 g/mol. The van der Waals surface area contributed by atoms with Crippen molar-refractivity contribution in [2.24, 2.45) is 0 Å². The highest BCUT2D eigenvalue weighted by Crippen LogP contribution is 2.07. The molecular weight excluding hydrogens is 112 g/mol. The molecule has 0 aromatic carbocycles. The van der Waals surface area contributed by atoms with Crippen LogP contribution in [-0.4, -0.2) is 5.78 Å². The van der Waals surface area contributed by atoms with Gasteiger partial charge in [0, 0.05) is 12.8 Å². The van der Waals surface area contributed by atoms with Crippen LogP contribution in [0.1, 0.15) is 32.1 Å². The van der Waals surface area contributed by atoms with Crippen LogP contribution in [0.4, 0.5) is 0 Å². The summed E-state index contributed by atoms with van der Waals surface area (Å²) in [5, 5.41) is 0. The molecule has 0 atom stereocenters. The molecule has 0 bridgehead atoms. The Labute approximate surface area is 55.8 Å². The first-order valence-corrected chi connectivity index (χ1v) is 3.56. The molecule has 1 heteroatoms. The highest BCUT2D eigenvalue weighted by Gasteiger charge is 2.00. The number of ketones is 1. The molecular formula is C8H12O. The van der Waals surface area contributed by atoms with Crippen LogP contribution in [0, 0.1) is 0 Å². The van der Waals surface area contributed by atoms with Crippen LogP contribution in [-0.2, 0) is 4.79 Å². The molecule has 0 saturated heterocycles. The van der Waals surface area contributed by atoms with E-state index in [1.807, 2.05) is 6.08 Å². The second kappa shape index (κ2) is 3.44. The maximum absolute atomic E-state index is 10.8. The van der Waals surface area contributed by atoms with E-state index in [2.05, 4.69) is 6.08 Å². The zero-order valence-electron chi connectivity index (χ0n) is 5.60. The van der Waals surface area contributed by atoms with Gasteiger partial charge in [0.1, 0.15) is 5.78 Å². The van der Waals surface area contributed by atoms with Crippen molar-refractivity contribution in [2.75, 3.05) is 0 Å². The smallest absolute Gasteiger partial charge is 0.136 e. The Morgan fingerprint density at radius 3 is 3.00 bits per heavy atom. The highest BCUT2D eigenvalue weighted by molar-refractivity contribution is 5.79. The largest absolute Gasteiger partial charge is 0.299 e. The lowest BCUT2D eigenvalue weighted by Gasteiger charge is -1.99. The molecule has 0 saturated carbocycles. The molecule has 1 aliphatic rings. The summed E-state index contributed by atoms with van der Waals surface area (Å²) in [5.74, 6) is 0.394. The molecule has 9 heavy (non-hydrogen) atoms. The van der Waals surface area contributed by atoms with Crippen LogP contribution < -0.4 is 0 Å². The third-order valence-corrected chi connectivity index (χ3v) is 1.59. The third kappa shape index (κ3) is 2.45. The molecule has 0 unspecified atom stereocenters. The number of Topliss-reactive ketones (excluding diaryl/α,β-unsaturated/α-hetero) is 1. The predicted octanol–water partition coefficient (Wildman–Crippen LogP) is 2.08. The maximum atomic E-state index is 10.8. The minimum absolute atomic E-state index is 0.394. The van der Waals surface area contributed by atoms with Crippen molar-refractivity contribution in [3.8, 4) is 0 Å². The summed E-state index contributed by atoms with van der Waals surface area (Å²) in [6.07, 6.45) is 8.99. The molecule has 1 rings (SSSR count). The second-order valence-electron chi connectivity index (χ2n) is 2.46. The van der Waals surface area contributed by atoms with Gasteiger partial charge >= 0.3 is 0 Å². The van der Waals surface area contributed by atoms with Crippen LogP contribution in [0.5, 0.6) is 0 Å². The molecule has 0 spiro atoms. The summed E-state index contributed by atoms with van der Waals surface area (Å²) in [5.41, 5.74) is 0. The normalized spacial score (nSPS) is 24.7. The van der Waals surface area contributed by atoms with E-state index in [0.29, 0.717) is 12.2 Å². The van der Waals surface area contributed by atoms with Gasteiger partial charge in [0.2, 0.25) is 0 Å². The molecule has 0 aliphatic heterocycles. The van der Waals surface area contributed by atoms with Crippen molar-refractivity contribution in [3.05, 3.63) is 12.2 Å². The van der Waals surface area contributed by atoms with E-state index in [-0.39, 0.29) is 0 Å². The Morgan fingerprint density at radius 2 is 2.11 bits per heavy atom. The van der Waals surface area contributed by atoms with Crippen LogP contribution in [0.2, 0.25) is 0 Å². The lowest BCUT2D eigenvalue weighted by molar-refractivity contribution is -0.118. The lowest BCUT2D eigenvalue weighted by Crippen LogP contribution is -1.96. The van der Waals surface area contributed by atoms with E-state index < -0.39 is 0 Å². The fraction of sp³-hybridized carbons (Fsp3) is 0.625. The highest BCUT2D eigenvalue weighted by atomic mass is 16.1. The van der Waals surface area contributed by atoms with Crippen LogP contribution in [0.3, 0.4) is 0 Å². The van der Waals surface area contributed by atoms with Crippen molar-refractivity contribution in [1.29, 1.82) is 0 Å². The zero-order valence-corrected chi connectivity index (χ0v) is 5.60. The SMILES string of the molecule is O=C1C/C=C\CCCC1. The Kier molecular flexibility index (Phi) is 2.49. The first-order valence-electron chi connectivity index (χ1n) is 3.56. The van der Waals surface area contributed by atoms with Crippen molar-refractivity contribution >= 4 is 5.78 Å². The Balaban J connectivity index is 2.37. The molecule has 0 aromatic heterocycles. The van der Waals surface area contributed by atoms with E-state index in [9.17, 15) is 4.79 Å². The first kappa shape index (κ1) is 6.53. The fourth-order valence-electron chi connectivity index (χ4n) is 1.02. The van der Waals surface area contributed by atoms with E-state index in [1.165, 1.54) is 6.42 Å². The molecule has 0 amide bonds. The van der Waals surface area contributed by atoms with Crippen LogP contribution in [0.15, 0.2) is 12.2 Å². The molecule has 1 aliphatic carbocycles. The molecule has 1 nitrogen and oxygen atoms in total. The van der Waals surface area contributed by atoms with Crippen molar-refractivity contribution in [3.63, 3.8) is 0 Å². The number of rotatable bonds is 0. The van der Waals surface area contributed by atoms with Gasteiger partial charge in [-0.25, -0.2) is 0 Å². The van der Waals surface area contributed by atoms with Gasteiger partial charge in [0.25, 0.3) is 0 Å². The number of hydrogen-bond donors (Lipinski definition) is 0. The average Bonchev–Trinajstić information content (AvgIpc) is 1.79. The molecule has 0 fully saturated rings. The summed E-state index contributed by atoms with van der Waals surface area (Å²) < 4.78 is 0. The molecule has 0 aromatic rings. The van der Waals surface area contributed by atoms with Crippen molar-refractivity contribution < 1.29 is 4.79 Å². The van der Waals surface area contributed by atoms with E-state index in [4.69, 9.17) is 0 Å². The second-order valence-corrected chi connectivity index (χ2v) is 2.46. The van der Waals surface area contributed by atoms with Gasteiger partial charge in [-0.3, -0.25) is 4.79 Å². The van der Waals surface area contributed by atoms with Gasteiger partial charge in [0.05, 0.1) is 0 Å². The summed E-state index contributed by atoms with van der Waals surface area (Å²) in [6.45, 7) is 0. The number of carbonyl (C=O) groups excluding carboxylic acids is 1. The number of hydrogen-bond acceptors (Lipinski definition) is 1. The third-order valence-electron chi connectivity index (χ3n) is 1.59. The molecule has 0 heterocycles. The fourth-order valence-corrected chi connectivity index (χ4v) is 1.02. The molecule has 0 N–H and O–H groups in total. The Bertz CT molecular complexity index is 125. The average molecular weight is 124 g/mol. The van der Waals surface area contributed by atoms with Gasteiger partial charge in [-0.1, -0.05) is 12.2 Å². The molecule has 50 valence electrons. The topological polar surface area (TPSA) is 17.1 Å². The van der Waals surface area contributed by atoms with E-state index in [0.717, 1.165) is 19.3 Å². The minimum Gasteiger partial charge on any atom is -0.299 e. The summed E-state index contributed by atoms with van der Waals surface area (Å²) >= 11 is 0. The lowest BCUT2D eigenvalue weighted by atomic mass is 10.1. The van der Waals surface area contributed by atoms with Crippen molar-refractivity contribution in [2.45, 2.75) is 32.1 Å². The molecule has 0 radical (unpaired) electrons. The predicted molar refractivity (Wildman–Crippen MR) is 37.2 cm³/mol. The standard InChI is InChI=1S/C8H12O/c9-8-6-4-2-1-3-5-7-8/h2,4H,1,3,5-7H2/b4-2-. The summed E-state index contributed by atoms with van der Waals surface area (Å²) in [4.78, 5) is 10.8. The van der Waals surface area contributed by atoms with Crippen molar-refractivity contribution in [1.82, 2.24) is 0 Å². The van der Waals surface area contributed by atoms with Crippen LogP contribution >= 0.6 is 0 Å². The Morgan fingerprint density at radius 1 is 1.22 bits per heavy atom. The van der Waals surface area contributed by atoms with Crippen LogP contribution in [0.25, 0.3) is 0 Å². The van der Waals surface area contributed by atoms with E-state index >= 15 is 0 Å². The van der Waals surface area contributed by atoms with Gasteiger partial charge in [-0.2, -0.15) is 0 Å². The minimum atomic E-state index is 0.394. The van der Waals surface area contributed by atoms with Gasteiger partial charge in [-0.05, 0) is 19.3 Å². The Hall–Kier alpha value is -0.590. The number of allylic oxidation sites excluding steroid dienone is 2. The van der Waals surface area contributed by atoms with E-state index in [1.54, 1.807) is 0 Å². The summed E-state index contributed by atoms with van der Waals surface area (Å²) in [6, 6.07) is 0.